The molecule has 0 atom stereocenters. The number of carbonyl (C=O) groups excluding carboxylic acids is 2. The van der Waals surface area contributed by atoms with Crippen LogP contribution < -0.4 is 0 Å². The number of hydrogen-bond acceptors (Lipinski definition) is 5. The number of furan rings is 1. The summed E-state index contributed by atoms with van der Waals surface area (Å²) >= 11 is 3.41. The molecule has 1 aliphatic rings. The number of nitrogens with zero attached hydrogens (tertiary/aromatic N) is 1. The van der Waals surface area contributed by atoms with Crippen LogP contribution in [0.1, 0.15) is 44.5 Å². The van der Waals surface area contributed by atoms with E-state index in [9.17, 15) is 22.8 Å². The van der Waals surface area contributed by atoms with Gasteiger partial charge < -0.3 is 4.42 Å². The van der Waals surface area contributed by atoms with Crippen LogP contribution in [0.25, 0.3) is 27.1 Å². The number of aryl methyl sites for hydroxylation is 1. The van der Waals surface area contributed by atoms with E-state index < -0.39 is 11.7 Å². The standard InChI is InChI=1S/C24H13F3INO3S/c1-2-11-7-15-16(10-18(11)28)21(31)17(20(15)30)8-14-9-19-22(32-14)29-23(33-19)12-3-5-13(6-4-12)24(25,26)27/h3-10H,2H2,1H3/b17-8+. The molecule has 9 heteroatoms. The zero-order valence-electron chi connectivity index (χ0n) is 16.9. The van der Waals surface area contributed by atoms with Gasteiger partial charge in [0.2, 0.25) is 5.71 Å². The van der Waals surface area contributed by atoms with E-state index in [0.717, 1.165) is 27.7 Å². The number of Topliss-reactive ketones (excluding diaryl/α,β-unsaturated/α-hetero) is 2. The third kappa shape index (κ3) is 3.82. The molecule has 0 spiro atoms. The Kier molecular flexibility index (Phi) is 5.28. The lowest BCUT2D eigenvalue weighted by Gasteiger charge is -2.06. The molecule has 2 aromatic heterocycles. The maximum absolute atomic E-state index is 12.9. The molecule has 0 amide bonds. The summed E-state index contributed by atoms with van der Waals surface area (Å²) in [5.74, 6) is -0.356. The highest BCUT2D eigenvalue weighted by Crippen LogP contribution is 2.36. The third-order valence-corrected chi connectivity index (χ3v) is 7.44. The molecular weight excluding hydrogens is 566 g/mol. The van der Waals surface area contributed by atoms with E-state index in [2.05, 4.69) is 27.6 Å². The van der Waals surface area contributed by atoms with Gasteiger partial charge in [-0.2, -0.15) is 13.2 Å². The first-order valence-electron chi connectivity index (χ1n) is 9.87. The van der Waals surface area contributed by atoms with Gasteiger partial charge in [-0.25, -0.2) is 4.98 Å². The number of benzene rings is 2. The molecule has 1 aliphatic carbocycles. The summed E-state index contributed by atoms with van der Waals surface area (Å²) in [6, 6.07) is 9.93. The number of hydrogen-bond donors (Lipinski definition) is 0. The van der Waals surface area contributed by atoms with Crippen LogP contribution in [0.15, 0.2) is 52.5 Å². The molecule has 4 aromatic rings. The van der Waals surface area contributed by atoms with E-state index in [0.29, 0.717) is 37.9 Å². The Bertz CT molecular complexity index is 1450. The maximum Gasteiger partial charge on any atom is 0.416 e. The van der Waals surface area contributed by atoms with Crippen molar-refractivity contribution in [3.8, 4) is 10.6 Å². The number of allylic oxidation sites excluding steroid dienone is 1. The van der Waals surface area contributed by atoms with Gasteiger partial charge in [0.1, 0.15) is 10.8 Å². The van der Waals surface area contributed by atoms with Crippen molar-refractivity contribution < 1.29 is 27.2 Å². The van der Waals surface area contributed by atoms with E-state index in [4.69, 9.17) is 4.42 Å². The first-order valence-corrected chi connectivity index (χ1v) is 11.8. The molecule has 0 bridgehead atoms. The van der Waals surface area contributed by atoms with E-state index in [1.165, 1.54) is 29.5 Å². The molecule has 4 nitrogen and oxygen atoms in total. The third-order valence-electron chi connectivity index (χ3n) is 5.40. The summed E-state index contributed by atoms with van der Waals surface area (Å²) < 4.78 is 45.6. The average Bonchev–Trinajstić information content (AvgIpc) is 3.40. The summed E-state index contributed by atoms with van der Waals surface area (Å²) in [6.07, 6.45) is -2.22. The number of halogens is 4. The first-order chi connectivity index (χ1) is 15.7. The number of fused-ring (bicyclic) bond motifs is 2. The van der Waals surface area contributed by atoms with E-state index in [-0.39, 0.29) is 17.1 Å². The number of alkyl halides is 3. The van der Waals surface area contributed by atoms with Crippen LogP contribution in [0.3, 0.4) is 0 Å². The lowest BCUT2D eigenvalue weighted by atomic mass is 10.0. The van der Waals surface area contributed by atoms with Crippen molar-refractivity contribution in [3.05, 3.63) is 79.6 Å². The Morgan fingerprint density at radius 1 is 1.06 bits per heavy atom. The second-order valence-electron chi connectivity index (χ2n) is 7.47. The summed E-state index contributed by atoms with van der Waals surface area (Å²) in [7, 11) is 0. The van der Waals surface area contributed by atoms with Gasteiger partial charge in [-0.3, -0.25) is 9.59 Å². The molecule has 0 N–H and O–H groups in total. The largest absolute Gasteiger partial charge is 0.437 e. The van der Waals surface area contributed by atoms with Crippen molar-refractivity contribution in [2.75, 3.05) is 0 Å². The molecule has 0 unspecified atom stereocenters. The van der Waals surface area contributed by atoms with Crippen LogP contribution in [0, 0.1) is 3.57 Å². The second kappa shape index (κ2) is 7.91. The van der Waals surface area contributed by atoms with Gasteiger partial charge in [-0.05, 0) is 64.9 Å². The molecule has 5 rings (SSSR count). The van der Waals surface area contributed by atoms with E-state index in [1.54, 1.807) is 18.2 Å². The minimum Gasteiger partial charge on any atom is -0.437 e. The van der Waals surface area contributed by atoms with Crippen molar-refractivity contribution in [1.29, 1.82) is 0 Å². The topological polar surface area (TPSA) is 60.2 Å². The predicted octanol–water partition coefficient (Wildman–Crippen LogP) is 7.20. The van der Waals surface area contributed by atoms with Crippen LogP contribution in [0.5, 0.6) is 0 Å². The minimum atomic E-state index is -4.40. The molecule has 33 heavy (non-hydrogen) atoms. The van der Waals surface area contributed by atoms with Gasteiger partial charge in [0.15, 0.2) is 11.6 Å². The lowest BCUT2D eigenvalue weighted by Crippen LogP contribution is -2.03. The number of aromatic nitrogens is 1. The van der Waals surface area contributed by atoms with Gasteiger partial charge in [0.05, 0.1) is 15.8 Å². The molecule has 0 aliphatic heterocycles. The van der Waals surface area contributed by atoms with Crippen molar-refractivity contribution >= 4 is 62.0 Å². The van der Waals surface area contributed by atoms with Gasteiger partial charge >= 0.3 is 6.18 Å². The fraction of sp³-hybridized carbons (Fsp3) is 0.125. The van der Waals surface area contributed by atoms with Gasteiger partial charge in [0, 0.05) is 26.3 Å². The number of ketones is 2. The Labute approximate surface area is 203 Å². The van der Waals surface area contributed by atoms with Crippen LogP contribution in [-0.2, 0) is 12.6 Å². The van der Waals surface area contributed by atoms with Gasteiger partial charge in [-0.1, -0.05) is 19.1 Å². The lowest BCUT2D eigenvalue weighted by molar-refractivity contribution is -0.137. The summed E-state index contributed by atoms with van der Waals surface area (Å²) in [5, 5.41) is 0.513. The smallest absolute Gasteiger partial charge is 0.416 e. The average molecular weight is 579 g/mol. The monoisotopic (exact) mass is 579 g/mol. The fourth-order valence-corrected chi connectivity index (χ4v) is 5.47. The Hall–Kier alpha value is -2.79. The summed E-state index contributed by atoms with van der Waals surface area (Å²) in [5.41, 5.74) is 1.95. The number of thiazole rings is 1. The Morgan fingerprint density at radius 3 is 2.33 bits per heavy atom. The van der Waals surface area contributed by atoms with E-state index in [1.807, 2.05) is 6.92 Å². The highest BCUT2D eigenvalue weighted by molar-refractivity contribution is 14.1. The fourth-order valence-electron chi connectivity index (χ4n) is 3.68. The van der Waals surface area contributed by atoms with Crippen molar-refractivity contribution in [2.24, 2.45) is 0 Å². The maximum atomic E-state index is 12.9. The van der Waals surface area contributed by atoms with E-state index >= 15 is 0 Å². The molecule has 0 saturated carbocycles. The molecule has 0 saturated heterocycles. The van der Waals surface area contributed by atoms with Gasteiger partial charge in [0.25, 0.3) is 0 Å². The number of carbonyl (C=O) groups is 2. The quantitative estimate of drug-likeness (QED) is 0.146. The summed E-state index contributed by atoms with van der Waals surface area (Å²) in [6.45, 7) is 1.99. The van der Waals surface area contributed by atoms with Crippen molar-refractivity contribution in [3.63, 3.8) is 0 Å². The predicted molar refractivity (Wildman–Crippen MR) is 127 cm³/mol. The summed E-state index contributed by atoms with van der Waals surface area (Å²) in [4.78, 5) is 30.0. The van der Waals surface area contributed by atoms with Crippen LogP contribution in [0.4, 0.5) is 13.2 Å². The molecular formula is C24H13F3INO3S. The highest BCUT2D eigenvalue weighted by Gasteiger charge is 2.34. The SMILES string of the molecule is CCc1cc2c(cc1I)C(=O)/C(=C/c1cc3sc(-c4ccc(C(F)(F)F)cc4)nc3o1)C2=O. The Morgan fingerprint density at radius 2 is 1.73 bits per heavy atom. The van der Waals surface area contributed by atoms with Crippen molar-refractivity contribution in [2.45, 2.75) is 19.5 Å². The second-order valence-corrected chi connectivity index (χ2v) is 9.66. The molecule has 0 fully saturated rings. The molecule has 2 aromatic carbocycles. The molecule has 0 radical (unpaired) electrons. The highest BCUT2D eigenvalue weighted by atomic mass is 127. The van der Waals surface area contributed by atoms with Crippen LogP contribution in [0.2, 0.25) is 0 Å². The van der Waals surface area contributed by atoms with Crippen molar-refractivity contribution in [1.82, 2.24) is 4.98 Å². The minimum absolute atomic E-state index is 0.0402. The normalized spacial score (nSPS) is 15.1. The first kappa shape index (κ1) is 22.0. The van der Waals surface area contributed by atoms with Gasteiger partial charge in [-0.15, -0.1) is 11.3 Å². The van der Waals surface area contributed by atoms with Crippen LogP contribution >= 0.6 is 33.9 Å². The Balaban J connectivity index is 1.45. The zero-order chi connectivity index (χ0) is 23.5. The van der Waals surface area contributed by atoms with Crippen LogP contribution in [-0.4, -0.2) is 16.6 Å². The molecule has 2 heterocycles. The number of rotatable bonds is 3. The molecule has 166 valence electrons. The zero-order valence-corrected chi connectivity index (χ0v) is 19.9.